The van der Waals surface area contributed by atoms with E-state index in [1.165, 1.54) is 20.3 Å². The third-order valence-electron chi connectivity index (χ3n) is 2.74. The summed E-state index contributed by atoms with van der Waals surface area (Å²) in [4.78, 5) is 12.1. The molecule has 0 atom stereocenters. The van der Waals surface area contributed by atoms with E-state index in [9.17, 15) is 4.79 Å². The van der Waals surface area contributed by atoms with E-state index >= 15 is 0 Å². The number of benzene rings is 1. The van der Waals surface area contributed by atoms with Crippen LogP contribution in [0.3, 0.4) is 0 Å². The van der Waals surface area contributed by atoms with Crippen molar-refractivity contribution in [2.45, 2.75) is 6.61 Å². The fraction of sp³-hybridized carbons (Fsp3) is 0.214. The average Bonchev–Trinajstić information content (AvgIpc) is 2.98. The van der Waals surface area contributed by atoms with Crippen LogP contribution in [0, 0.1) is 0 Å². The highest BCUT2D eigenvalue weighted by Gasteiger charge is 2.17. The molecule has 0 saturated carbocycles. The number of ether oxygens (including phenoxy) is 3. The summed E-state index contributed by atoms with van der Waals surface area (Å²) < 4.78 is 15.5. The van der Waals surface area contributed by atoms with Gasteiger partial charge in [-0.05, 0) is 22.9 Å². The fourth-order valence-corrected chi connectivity index (χ4v) is 2.31. The molecule has 1 aromatic heterocycles. The van der Waals surface area contributed by atoms with Crippen LogP contribution in [0.2, 0.25) is 0 Å². The van der Waals surface area contributed by atoms with Gasteiger partial charge < -0.3 is 19.9 Å². The molecule has 0 fully saturated rings. The van der Waals surface area contributed by atoms with Gasteiger partial charge in [0.15, 0.2) is 0 Å². The summed E-state index contributed by atoms with van der Waals surface area (Å²) in [5.74, 6) is 0.358. The first-order chi connectivity index (χ1) is 9.65. The van der Waals surface area contributed by atoms with Gasteiger partial charge in [-0.1, -0.05) is 0 Å². The number of anilines is 1. The highest BCUT2D eigenvalue weighted by molar-refractivity contribution is 7.07. The molecule has 0 radical (unpaired) electrons. The van der Waals surface area contributed by atoms with Crippen molar-refractivity contribution in [1.29, 1.82) is 0 Å². The predicted octanol–water partition coefficient (Wildman–Crippen LogP) is 2.70. The Hall–Kier alpha value is -2.21. The molecule has 0 aliphatic heterocycles. The van der Waals surface area contributed by atoms with Crippen LogP contribution in [0.4, 0.5) is 5.69 Å². The van der Waals surface area contributed by atoms with E-state index in [0.717, 1.165) is 5.56 Å². The molecule has 0 spiro atoms. The second-order valence-corrected chi connectivity index (χ2v) is 4.78. The van der Waals surface area contributed by atoms with E-state index in [1.807, 2.05) is 16.8 Å². The second kappa shape index (κ2) is 6.29. The SMILES string of the molecule is COc1cc(OC)c(N)c(C(=O)OCc2ccsc2)c1. The smallest absolute Gasteiger partial charge is 0.340 e. The molecule has 0 aliphatic carbocycles. The number of carbonyl (C=O) groups is 1. The lowest BCUT2D eigenvalue weighted by Crippen LogP contribution is -2.09. The maximum Gasteiger partial charge on any atom is 0.340 e. The van der Waals surface area contributed by atoms with Crippen LogP contribution in [0.25, 0.3) is 0 Å². The van der Waals surface area contributed by atoms with E-state index < -0.39 is 5.97 Å². The Morgan fingerprint density at radius 1 is 1.30 bits per heavy atom. The molecule has 2 rings (SSSR count). The molecule has 6 heteroatoms. The minimum Gasteiger partial charge on any atom is -0.497 e. The number of nitrogens with two attached hydrogens (primary N) is 1. The first-order valence-corrected chi connectivity index (χ1v) is 6.79. The van der Waals surface area contributed by atoms with Crippen molar-refractivity contribution in [3.63, 3.8) is 0 Å². The number of rotatable bonds is 5. The Labute approximate surface area is 120 Å². The molecule has 1 heterocycles. The summed E-state index contributed by atoms with van der Waals surface area (Å²) in [5.41, 5.74) is 7.30. The van der Waals surface area contributed by atoms with Crippen molar-refractivity contribution in [2.24, 2.45) is 0 Å². The van der Waals surface area contributed by atoms with E-state index in [4.69, 9.17) is 19.9 Å². The fourth-order valence-electron chi connectivity index (χ4n) is 1.66. The molecule has 0 saturated heterocycles. The van der Waals surface area contributed by atoms with Gasteiger partial charge in [0.25, 0.3) is 0 Å². The molecule has 1 aromatic carbocycles. The normalized spacial score (nSPS) is 10.1. The Morgan fingerprint density at radius 3 is 2.70 bits per heavy atom. The number of hydrogen-bond donors (Lipinski definition) is 1. The predicted molar refractivity (Wildman–Crippen MR) is 77.4 cm³/mol. The molecule has 0 aliphatic rings. The number of hydrogen-bond acceptors (Lipinski definition) is 6. The van der Waals surface area contributed by atoms with Gasteiger partial charge in [-0.2, -0.15) is 11.3 Å². The highest BCUT2D eigenvalue weighted by atomic mass is 32.1. The maximum atomic E-state index is 12.1. The highest BCUT2D eigenvalue weighted by Crippen LogP contribution is 2.31. The minimum absolute atomic E-state index is 0.210. The zero-order valence-corrected chi connectivity index (χ0v) is 12.0. The summed E-state index contributed by atoms with van der Waals surface area (Å²) in [5, 5.41) is 3.84. The standard InChI is InChI=1S/C14H15NO4S/c1-17-10-5-11(13(15)12(6-10)18-2)14(16)19-7-9-3-4-20-8-9/h3-6,8H,7,15H2,1-2H3. The molecule has 0 amide bonds. The lowest BCUT2D eigenvalue weighted by molar-refractivity contribution is 0.0473. The molecule has 2 aromatic rings. The quantitative estimate of drug-likeness (QED) is 0.678. The number of thiophene rings is 1. The molecule has 0 bridgehead atoms. The molecule has 2 N–H and O–H groups in total. The van der Waals surface area contributed by atoms with Crippen molar-refractivity contribution in [3.8, 4) is 11.5 Å². The van der Waals surface area contributed by atoms with Crippen LogP contribution in [0.5, 0.6) is 11.5 Å². The average molecular weight is 293 g/mol. The van der Waals surface area contributed by atoms with Crippen molar-refractivity contribution in [3.05, 3.63) is 40.1 Å². The van der Waals surface area contributed by atoms with Crippen molar-refractivity contribution >= 4 is 23.0 Å². The molecule has 20 heavy (non-hydrogen) atoms. The van der Waals surface area contributed by atoms with Crippen LogP contribution in [0.1, 0.15) is 15.9 Å². The molecular weight excluding hydrogens is 278 g/mol. The minimum atomic E-state index is -0.508. The van der Waals surface area contributed by atoms with Crippen LogP contribution in [-0.4, -0.2) is 20.2 Å². The van der Waals surface area contributed by atoms with Crippen LogP contribution in [-0.2, 0) is 11.3 Å². The Balaban J connectivity index is 2.20. The number of methoxy groups -OCH3 is 2. The van der Waals surface area contributed by atoms with Gasteiger partial charge in [0, 0.05) is 11.6 Å². The van der Waals surface area contributed by atoms with Gasteiger partial charge in [-0.15, -0.1) is 0 Å². The lowest BCUT2D eigenvalue weighted by Gasteiger charge is -2.12. The maximum absolute atomic E-state index is 12.1. The van der Waals surface area contributed by atoms with Crippen molar-refractivity contribution in [1.82, 2.24) is 0 Å². The summed E-state index contributed by atoms with van der Waals surface area (Å²) in [6.45, 7) is 0.210. The lowest BCUT2D eigenvalue weighted by atomic mass is 10.1. The largest absolute Gasteiger partial charge is 0.497 e. The van der Waals surface area contributed by atoms with E-state index in [0.29, 0.717) is 11.5 Å². The zero-order chi connectivity index (χ0) is 14.5. The van der Waals surface area contributed by atoms with E-state index in [2.05, 4.69) is 0 Å². The molecular formula is C14H15NO4S. The summed E-state index contributed by atoms with van der Waals surface area (Å²) in [6.07, 6.45) is 0. The van der Waals surface area contributed by atoms with Gasteiger partial charge in [0.2, 0.25) is 0 Å². The third kappa shape index (κ3) is 3.03. The van der Waals surface area contributed by atoms with Gasteiger partial charge >= 0.3 is 5.97 Å². The van der Waals surface area contributed by atoms with E-state index in [-0.39, 0.29) is 17.9 Å². The third-order valence-corrected chi connectivity index (χ3v) is 3.47. The Morgan fingerprint density at radius 2 is 2.10 bits per heavy atom. The summed E-state index contributed by atoms with van der Waals surface area (Å²) in [7, 11) is 2.98. The Bertz CT molecular complexity index is 595. The van der Waals surface area contributed by atoms with Gasteiger partial charge in [0.1, 0.15) is 18.1 Å². The molecule has 106 valence electrons. The van der Waals surface area contributed by atoms with E-state index in [1.54, 1.807) is 17.4 Å². The first-order valence-electron chi connectivity index (χ1n) is 5.85. The first kappa shape index (κ1) is 14.2. The Kier molecular flexibility index (Phi) is 4.47. The number of carbonyl (C=O) groups excluding carboxylic acids is 1. The van der Waals surface area contributed by atoms with Crippen molar-refractivity contribution in [2.75, 3.05) is 20.0 Å². The van der Waals surface area contributed by atoms with Gasteiger partial charge in [-0.25, -0.2) is 4.79 Å². The van der Waals surface area contributed by atoms with Crippen LogP contribution >= 0.6 is 11.3 Å². The monoisotopic (exact) mass is 293 g/mol. The number of nitrogen functional groups attached to an aromatic ring is 1. The number of esters is 1. The topological polar surface area (TPSA) is 70.8 Å². The van der Waals surface area contributed by atoms with Crippen LogP contribution < -0.4 is 15.2 Å². The van der Waals surface area contributed by atoms with Crippen molar-refractivity contribution < 1.29 is 19.0 Å². The van der Waals surface area contributed by atoms with Gasteiger partial charge in [-0.3, -0.25) is 0 Å². The summed E-state index contributed by atoms with van der Waals surface area (Å²) in [6, 6.07) is 5.05. The van der Waals surface area contributed by atoms with Crippen LogP contribution in [0.15, 0.2) is 29.0 Å². The second-order valence-electron chi connectivity index (χ2n) is 4.00. The zero-order valence-electron chi connectivity index (χ0n) is 11.2. The molecule has 0 unspecified atom stereocenters. The molecule has 5 nitrogen and oxygen atoms in total. The summed E-state index contributed by atoms with van der Waals surface area (Å²) >= 11 is 1.55. The van der Waals surface area contributed by atoms with Gasteiger partial charge in [0.05, 0.1) is 25.5 Å².